The van der Waals surface area contributed by atoms with E-state index in [2.05, 4.69) is 32.8 Å². The second kappa shape index (κ2) is 4.28. The highest BCUT2D eigenvalue weighted by Gasteiger charge is 1.99. The Kier molecular flexibility index (Phi) is 3.31. The van der Waals surface area contributed by atoms with Crippen LogP contribution in [0.25, 0.3) is 0 Å². The number of hydrogen-bond acceptors (Lipinski definition) is 3. The topological polar surface area (TPSA) is 50.9 Å². The van der Waals surface area contributed by atoms with Crippen LogP contribution < -0.4 is 11.1 Å². The molecule has 3 nitrogen and oxygen atoms in total. The summed E-state index contributed by atoms with van der Waals surface area (Å²) in [5, 5.41) is 3.08. The molecular weight excluding hydrogens is 230 g/mol. The molecule has 0 aromatic carbocycles. The van der Waals surface area contributed by atoms with E-state index >= 15 is 0 Å². The first-order valence-electron chi connectivity index (χ1n) is 3.89. The number of aromatic nitrogens is 1. The molecule has 0 amide bonds. The number of nitrogens with one attached hydrogen (secondary N) is 1. The fourth-order valence-corrected chi connectivity index (χ4v) is 1.19. The maximum atomic E-state index is 5.72. The van der Waals surface area contributed by atoms with Gasteiger partial charge in [0.05, 0.1) is 5.69 Å². The van der Waals surface area contributed by atoms with E-state index in [1.807, 2.05) is 13.0 Å². The first kappa shape index (κ1) is 10.1. The van der Waals surface area contributed by atoms with Crippen molar-refractivity contribution in [3.63, 3.8) is 0 Å². The molecule has 0 spiro atoms. The zero-order valence-corrected chi connectivity index (χ0v) is 9.06. The maximum absolute atomic E-state index is 5.72. The highest BCUT2D eigenvalue weighted by Crippen LogP contribution is 2.19. The summed E-state index contributed by atoms with van der Waals surface area (Å²) in [5.41, 5.74) is 7.40. The van der Waals surface area contributed by atoms with Crippen molar-refractivity contribution in [3.05, 3.63) is 28.9 Å². The lowest BCUT2D eigenvalue weighted by molar-refractivity contribution is 1.17. The van der Waals surface area contributed by atoms with Gasteiger partial charge in [0.25, 0.3) is 0 Å². The third-order valence-corrected chi connectivity index (χ3v) is 1.88. The molecule has 0 saturated heterocycles. The van der Waals surface area contributed by atoms with E-state index in [4.69, 9.17) is 5.73 Å². The summed E-state index contributed by atoms with van der Waals surface area (Å²) in [4.78, 5) is 4.13. The van der Waals surface area contributed by atoms with Crippen molar-refractivity contribution in [2.45, 2.75) is 6.92 Å². The smallest absolute Gasteiger partial charge is 0.149 e. The van der Waals surface area contributed by atoms with Crippen LogP contribution in [0.3, 0.4) is 0 Å². The molecule has 0 radical (unpaired) electrons. The Labute approximate surface area is 86.2 Å². The molecule has 70 valence electrons. The molecule has 1 aromatic heterocycles. The monoisotopic (exact) mass is 241 g/mol. The molecule has 0 aliphatic carbocycles. The van der Waals surface area contributed by atoms with Gasteiger partial charge in [-0.15, -0.1) is 0 Å². The van der Waals surface area contributed by atoms with Crippen molar-refractivity contribution in [1.29, 1.82) is 0 Å². The van der Waals surface area contributed by atoms with Crippen molar-refractivity contribution in [2.75, 3.05) is 17.6 Å². The molecular formula is C9H12BrN3. The van der Waals surface area contributed by atoms with Gasteiger partial charge in [0.2, 0.25) is 0 Å². The Morgan fingerprint density at radius 3 is 3.00 bits per heavy atom. The number of nitrogens with zero attached hydrogens (tertiary/aromatic N) is 1. The number of pyridine rings is 1. The summed E-state index contributed by atoms with van der Waals surface area (Å²) in [6.07, 6.45) is 1.71. The minimum absolute atomic E-state index is 0.635. The first-order valence-corrected chi connectivity index (χ1v) is 4.68. The van der Waals surface area contributed by atoms with Crippen molar-refractivity contribution >= 4 is 27.4 Å². The number of hydrogen-bond donors (Lipinski definition) is 2. The molecule has 4 heteroatoms. The Morgan fingerprint density at radius 2 is 2.46 bits per heavy atom. The molecule has 0 atom stereocenters. The number of rotatable bonds is 3. The predicted molar refractivity (Wildman–Crippen MR) is 59.7 cm³/mol. The van der Waals surface area contributed by atoms with Crippen LogP contribution in [-0.4, -0.2) is 11.5 Å². The third-order valence-electron chi connectivity index (χ3n) is 1.44. The van der Waals surface area contributed by atoms with E-state index in [1.165, 1.54) is 0 Å². The van der Waals surface area contributed by atoms with Crippen molar-refractivity contribution < 1.29 is 0 Å². The molecule has 1 aromatic rings. The van der Waals surface area contributed by atoms with Crippen LogP contribution in [-0.2, 0) is 0 Å². The molecule has 1 rings (SSSR count). The summed E-state index contributed by atoms with van der Waals surface area (Å²) in [6, 6.07) is 1.81. The SMILES string of the molecule is C=C(C)CNc1ncc(Br)cc1N. The minimum Gasteiger partial charge on any atom is -0.396 e. The Balaban J connectivity index is 2.72. The zero-order chi connectivity index (χ0) is 9.84. The molecule has 13 heavy (non-hydrogen) atoms. The highest BCUT2D eigenvalue weighted by molar-refractivity contribution is 9.10. The third kappa shape index (κ3) is 3.06. The van der Waals surface area contributed by atoms with Crippen molar-refractivity contribution in [1.82, 2.24) is 4.98 Å². The van der Waals surface area contributed by atoms with E-state index in [-0.39, 0.29) is 0 Å². The van der Waals surface area contributed by atoms with Gasteiger partial charge in [-0.3, -0.25) is 0 Å². The molecule has 0 fully saturated rings. The van der Waals surface area contributed by atoms with Crippen molar-refractivity contribution in [2.24, 2.45) is 0 Å². The minimum atomic E-state index is 0.635. The van der Waals surface area contributed by atoms with Crippen molar-refractivity contribution in [3.8, 4) is 0 Å². The van der Waals surface area contributed by atoms with E-state index < -0.39 is 0 Å². The Hall–Kier alpha value is -1.03. The second-order valence-electron chi connectivity index (χ2n) is 2.90. The Bertz CT molecular complexity index is 323. The molecule has 0 bridgehead atoms. The van der Waals surface area contributed by atoms with Gasteiger partial charge in [-0.25, -0.2) is 4.98 Å². The molecule has 0 unspecified atom stereocenters. The van der Waals surface area contributed by atoms with Gasteiger partial charge in [-0.2, -0.15) is 0 Å². The lowest BCUT2D eigenvalue weighted by Crippen LogP contribution is -2.06. The normalized spacial score (nSPS) is 9.69. The van der Waals surface area contributed by atoms with Crippen LogP contribution >= 0.6 is 15.9 Å². The maximum Gasteiger partial charge on any atom is 0.149 e. The quantitative estimate of drug-likeness (QED) is 0.800. The fourth-order valence-electron chi connectivity index (χ4n) is 0.837. The molecule has 3 N–H and O–H groups in total. The van der Waals surface area contributed by atoms with Gasteiger partial charge in [0.1, 0.15) is 5.82 Å². The molecule has 1 heterocycles. The van der Waals surface area contributed by atoms with Crippen LogP contribution in [0.1, 0.15) is 6.92 Å². The van der Waals surface area contributed by atoms with Crippen LogP contribution in [0.5, 0.6) is 0 Å². The fraction of sp³-hybridized carbons (Fsp3) is 0.222. The molecule has 0 aliphatic rings. The standard InChI is InChI=1S/C9H12BrN3/c1-6(2)4-12-9-8(11)3-7(10)5-13-9/h3,5H,1,4,11H2,2H3,(H,12,13). The predicted octanol–water partition coefficient (Wildman–Crippen LogP) is 2.41. The number of nitrogen functional groups attached to an aromatic ring is 1. The largest absolute Gasteiger partial charge is 0.396 e. The van der Waals surface area contributed by atoms with Crippen LogP contribution in [0.2, 0.25) is 0 Å². The highest BCUT2D eigenvalue weighted by atomic mass is 79.9. The Morgan fingerprint density at radius 1 is 1.77 bits per heavy atom. The van der Waals surface area contributed by atoms with Gasteiger partial charge in [-0.05, 0) is 28.9 Å². The summed E-state index contributed by atoms with van der Waals surface area (Å²) < 4.78 is 0.880. The van der Waals surface area contributed by atoms with Crippen LogP contribution in [0.15, 0.2) is 28.9 Å². The van der Waals surface area contributed by atoms with Crippen LogP contribution in [0.4, 0.5) is 11.5 Å². The average molecular weight is 242 g/mol. The summed E-state index contributed by atoms with van der Waals surface area (Å²) >= 11 is 3.29. The number of nitrogens with two attached hydrogens (primary N) is 1. The van der Waals surface area contributed by atoms with E-state index in [1.54, 1.807) is 6.20 Å². The second-order valence-corrected chi connectivity index (χ2v) is 3.82. The first-order chi connectivity index (χ1) is 6.09. The number of anilines is 2. The van der Waals surface area contributed by atoms with Gasteiger partial charge in [0, 0.05) is 17.2 Å². The number of halogens is 1. The molecule has 0 aliphatic heterocycles. The van der Waals surface area contributed by atoms with Gasteiger partial charge < -0.3 is 11.1 Å². The summed E-state index contributed by atoms with van der Waals surface area (Å²) in [5.74, 6) is 0.700. The lowest BCUT2D eigenvalue weighted by Gasteiger charge is -2.07. The van der Waals surface area contributed by atoms with Gasteiger partial charge in [0.15, 0.2) is 0 Å². The average Bonchev–Trinajstić information content (AvgIpc) is 2.02. The summed E-state index contributed by atoms with van der Waals surface area (Å²) in [7, 11) is 0. The zero-order valence-electron chi connectivity index (χ0n) is 7.47. The van der Waals surface area contributed by atoms with Gasteiger partial charge in [-0.1, -0.05) is 12.2 Å². The summed E-state index contributed by atoms with van der Waals surface area (Å²) in [6.45, 7) is 6.42. The van der Waals surface area contributed by atoms with Crippen LogP contribution in [0, 0.1) is 0 Å². The van der Waals surface area contributed by atoms with Gasteiger partial charge >= 0.3 is 0 Å². The van der Waals surface area contributed by atoms with E-state index in [9.17, 15) is 0 Å². The lowest BCUT2D eigenvalue weighted by atomic mass is 10.3. The van der Waals surface area contributed by atoms with E-state index in [0.29, 0.717) is 18.1 Å². The van der Waals surface area contributed by atoms with E-state index in [0.717, 1.165) is 10.0 Å². The molecule has 0 saturated carbocycles.